The van der Waals surface area contributed by atoms with E-state index in [0.29, 0.717) is 33.5 Å². The van der Waals surface area contributed by atoms with E-state index < -0.39 is 11.5 Å². The van der Waals surface area contributed by atoms with Gasteiger partial charge < -0.3 is 25.2 Å². The van der Waals surface area contributed by atoms with Gasteiger partial charge in [-0.2, -0.15) is 9.71 Å². The van der Waals surface area contributed by atoms with Gasteiger partial charge in [-0.05, 0) is 77.6 Å². The Hall–Kier alpha value is -2.57. The van der Waals surface area contributed by atoms with Crippen molar-refractivity contribution < 1.29 is 9.29 Å². The van der Waals surface area contributed by atoms with Crippen LogP contribution in [0.2, 0.25) is 0 Å². The summed E-state index contributed by atoms with van der Waals surface area (Å²) in [5.41, 5.74) is 3.32. The fraction of sp³-hybridized carbons (Fsp3) is 0.273. The van der Waals surface area contributed by atoms with Gasteiger partial charge in [0.25, 0.3) is 0 Å². The number of aromatic nitrogens is 2. The van der Waals surface area contributed by atoms with E-state index in [4.69, 9.17) is 9.88 Å². The van der Waals surface area contributed by atoms with Crippen molar-refractivity contribution in [1.82, 2.24) is 15.3 Å². The van der Waals surface area contributed by atoms with Crippen molar-refractivity contribution in [2.24, 2.45) is 5.14 Å². The van der Waals surface area contributed by atoms with Gasteiger partial charge >= 0.3 is 0 Å². The molecule has 1 aliphatic rings. The van der Waals surface area contributed by atoms with Crippen molar-refractivity contribution in [2.75, 3.05) is 35.6 Å². The van der Waals surface area contributed by atoms with Crippen molar-refractivity contribution >= 4 is 56.3 Å². The van der Waals surface area contributed by atoms with E-state index in [9.17, 15) is 4.55 Å². The van der Waals surface area contributed by atoms with Crippen LogP contribution in [-0.4, -0.2) is 34.7 Å². The molecular weight excluding hydrogens is 506 g/mol. The first-order chi connectivity index (χ1) is 16.0. The van der Waals surface area contributed by atoms with Gasteiger partial charge in [0.15, 0.2) is 11.5 Å². The number of nitrogens with two attached hydrogens (primary N) is 1. The molecule has 0 radical (unpaired) electrons. The number of piperidine rings is 1. The van der Waals surface area contributed by atoms with Gasteiger partial charge in [0, 0.05) is 6.20 Å². The molecule has 9 nitrogen and oxygen atoms in total. The summed E-state index contributed by atoms with van der Waals surface area (Å²) in [6.07, 6.45) is 3.90. The van der Waals surface area contributed by atoms with Crippen LogP contribution >= 0.6 is 15.9 Å². The normalized spacial score (nSPS) is 15.0. The third-order valence-electron chi connectivity index (χ3n) is 5.42. The summed E-state index contributed by atoms with van der Waals surface area (Å²) in [4.78, 5) is 8.97. The minimum atomic E-state index is -1.69. The van der Waals surface area contributed by atoms with E-state index >= 15 is 0 Å². The third kappa shape index (κ3) is 6.06. The number of methoxy groups -OCH3 is 1. The molecule has 1 fully saturated rings. The molecule has 4 rings (SSSR count). The molecular formula is C22H26BrN7O2S. The fourth-order valence-electron chi connectivity index (χ4n) is 3.77. The molecule has 0 amide bonds. The van der Waals surface area contributed by atoms with E-state index in [1.165, 1.54) is 5.56 Å². The lowest BCUT2D eigenvalue weighted by Gasteiger charge is -2.24. The van der Waals surface area contributed by atoms with Gasteiger partial charge in [-0.15, -0.1) is 5.14 Å². The molecule has 3 aromatic rings. The summed E-state index contributed by atoms with van der Waals surface area (Å²) in [6.45, 7) is 2.07. The molecule has 1 saturated heterocycles. The Morgan fingerprint density at radius 3 is 2.61 bits per heavy atom. The lowest BCUT2D eigenvalue weighted by atomic mass is 9.90. The number of anilines is 5. The van der Waals surface area contributed by atoms with E-state index in [0.717, 1.165) is 37.4 Å². The first-order valence-electron chi connectivity index (χ1n) is 10.5. The molecule has 1 atom stereocenters. The topological polar surface area (TPSA) is 132 Å². The fourth-order valence-corrected chi connectivity index (χ4v) is 4.46. The van der Waals surface area contributed by atoms with E-state index in [-0.39, 0.29) is 0 Å². The second-order valence-electron chi connectivity index (χ2n) is 7.57. The van der Waals surface area contributed by atoms with Crippen LogP contribution in [0.25, 0.3) is 0 Å². The summed E-state index contributed by atoms with van der Waals surface area (Å²) < 4.78 is 20.4. The van der Waals surface area contributed by atoms with Crippen LogP contribution in [-0.2, 0) is 11.5 Å². The SMILES string of the molecule is COc1cc(C2CCNCC2)ccc1Nc1ncc(Br)c(Nc2ccccc2N[S+](N)[O-])n1. The first kappa shape index (κ1) is 23.6. The highest BCUT2D eigenvalue weighted by Gasteiger charge is 2.17. The number of benzene rings is 2. The van der Waals surface area contributed by atoms with E-state index in [1.54, 1.807) is 19.4 Å². The summed E-state index contributed by atoms with van der Waals surface area (Å²) in [5, 5.41) is 15.3. The van der Waals surface area contributed by atoms with Gasteiger partial charge in [0.1, 0.15) is 17.3 Å². The first-order valence-corrected chi connectivity index (χ1v) is 12.5. The zero-order chi connectivity index (χ0) is 23.2. The second-order valence-corrected chi connectivity index (χ2v) is 9.22. The van der Waals surface area contributed by atoms with Crippen LogP contribution in [0.4, 0.5) is 28.8 Å². The van der Waals surface area contributed by atoms with Gasteiger partial charge in [-0.1, -0.05) is 18.2 Å². The van der Waals surface area contributed by atoms with Gasteiger partial charge in [0.2, 0.25) is 5.95 Å². The number of halogens is 1. The van der Waals surface area contributed by atoms with Crippen LogP contribution in [0.5, 0.6) is 5.75 Å². The number of hydrogen-bond donors (Lipinski definition) is 5. The Kier molecular flexibility index (Phi) is 7.89. The third-order valence-corrected chi connectivity index (χ3v) is 6.42. The molecule has 0 bridgehead atoms. The molecule has 0 saturated carbocycles. The maximum atomic E-state index is 11.4. The molecule has 1 aromatic heterocycles. The lowest BCUT2D eigenvalue weighted by molar-refractivity contribution is 0.413. The van der Waals surface area contributed by atoms with Gasteiger partial charge in [-0.25, -0.2) is 4.98 Å². The highest BCUT2D eigenvalue weighted by molar-refractivity contribution is 9.10. The smallest absolute Gasteiger partial charge is 0.229 e. The van der Waals surface area contributed by atoms with Crippen LogP contribution < -0.4 is 30.5 Å². The summed E-state index contributed by atoms with van der Waals surface area (Å²) in [7, 11) is 1.66. The maximum Gasteiger partial charge on any atom is 0.229 e. The number of hydrogen-bond acceptors (Lipinski definition) is 9. The highest BCUT2D eigenvalue weighted by Crippen LogP contribution is 2.34. The molecule has 174 valence electrons. The molecule has 11 heteroatoms. The number of rotatable bonds is 8. The molecule has 1 aliphatic heterocycles. The summed E-state index contributed by atoms with van der Waals surface area (Å²) >= 11 is 1.79. The van der Waals surface area contributed by atoms with Crippen LogP contribution in [0.3, 0.4) is 0 Å². The van der Waals surface area contributed by atoms with Crippen molar-refractivity contribution in [1.29, 1.82) is 0 Å². The van der Waals surface area contributed by atoms with E-state index in [2.05, 4.69) is 58.7 Å². The average Bonchev–Trinajstić information content (AvgIpc) is 2.83. The second kappa shape index (κ2) is 11.0. The summed E-state index contributed by atoms with van der Waals surface area (Å²) in [6, 6.07) is 13.5. The Bertz CT molecular complexity index is 1100. The van der Waals surface area contributed by atoms with Gasteiger partial charge in [-0.3, -0.25) is 0 Å². The van der Waals surface area contributed by atoms with Crippen LogP contribution in [0, 0.1) is 0 Å². The average molecular weight is 532 g/mol. The predicted molar refractivity (Wildman–Crippen MR) is 137 cm³/mol. The standard InChI is InChI=1S/C22H26BrN7O2S/c1-32-20-12-15(14-8-10-25-11-9-14)6-7-19(20)28-22-26-13-16(23)21(29-22)27-17-4-2-3-5-18(17)30-33(24)31/h2-7,12-14,25,30H,8-11,24H2,1H3,(H2,26,27,28,29). The zero-order valence-electron chi connectivity index (χ0n) is 18.1. The molecule has 6 N–H and O–H groups in total. The molecule has 0 spiro atoms. The number of ether oxygens (including phenoxy) is 1. The number of para-hydroxylation sites is 2. The van der Waals surface area contributed by atoms with Crippen molar-refractivity contribution in [3.8, 4) is 5.75 Å². The minimum Gasteiger partial charge on any atom is -0.574 e. The Morgan fingerprint density at radius 1 is 1.12 bits per heavy atom. The van der Waals surface area contributed by atoms with Gasteiger partial charge in [0.05, 0.1) is 23.0 Å². The zero-order valence-corrected chi connectivity index (χ0v) is 20.5. The molecule has 2 heterocycles. The predicted octanol–water partition coefficient (Wildman–Crippen LogP) is 4.15. The monoisotopic (exact) mass is 531 g/mol. The largest absolute Gasteiger partial charge is 0.574 e. The highest BCUT2D eigenvalue weighted by atomic mass is 79.9. The Morgan fingerprint density at radius 2 is 1.88 bits per heavy atom. The van der Waals surface area contributed by atoms with Crippen LogP contribution in [0.15, 0.2) is 53.1 Å². The van der Waals surface area contributed by atoms with Crippen molar-refractivity contribution in [3.63, 3.8) is 0 Å². The van der Waals surface area contributed by atoms with Crippen molar-refractivity contribution in [3.05, 3.63) is 58.7 Å². The molecule has 1 unspecified atom stereocenters. The number of nitrogens with zero attached hydrogens (tertiary/aromatic N) is 2. The van der Waals surface area contributed by atoms with E-state index in [1.807, 2.05) is 24.3 Å². The van der Waals surface area contributed by atoms with Crippen LogP contribution in [0.1, 0.15) is 24.3 Å². The molecule has 33 heavy (non-hydrogen) atoms. The Balaban J connectivity index is 1.55. The maximum absolute atomic E-state index is 11.4. The quantitative estimate of drug-likeness (QED) is 0.272. The summed E-state index contributed by atoms with van der Waals surface area (Å²) in [5.74, 6) is 2.22. The lowest BCUT2D eigenvalue weighted by Crippen LogP contribution is -2.26. The number of nitrogens with one attached hydrogen (secondary N) is 4. The Labute approximate surface area is 204 Å². The minimum absolute atomic E-state index is 0.404. The molecule has 2 aromatic carbocycles. The van der Waals surface area contributed by atoms with Crippen molar-refractivity contribution in [2.45, 2.75) is 18.8 Å². The molecule has 0 aliphatic carbocycles.